The highest BCUT2D eigenvalue weighted by molar-refractivity contribution is 8.00. The van der Waals surface area contributed by atoms with E-state index in [1.807, 2.05) is 54.0 Å². The molecular formula is C26H25N5O3S2. The summed E-state index contributed by atoms with van der Waals surface area (Å²) in [5, 5.41) is 23.6. The van der Waals surface area contributed by atoms with Gasteiger partial charge in [-0.05, 0) is 49.2 Å². The minimum atomic E-state index is -0.433. The number of nitrogens with one attached hydrogen (secondary N) is 1. The fourth-order valence-electron chi connectivity index (χ4n) is 3.55. The summed E-state index contributed by atoms with van der Waals surface area (Å²) in [4.78, 5) is 24.4. The van der Waals surface area contributed by atoms with E-state index in [-0.39, 0.29) is 17.3 Å². The van der Waals surface area contributed by atoms with E-state index in [0.29, 0.717) is 22.4 Å². The quantitative estimate of drug-likeness (QED) is 0.162. The van der Waals surface area contributed by atoms with Crippen molar-refractivity contribution < 1.29 is 9.72 Å². The first-order valence-electron chi connectivity index (χ1n) is 11.3. The smallest absolute Gasteiger partial charge is 0.269 e. The highest BCUT2D eigenvalue weighted by Crippen LogP contribution is 2.29. The summed E-state index contributed by atoms with van der Waals surface area (Å²) in [6.07, 6.45) is 0. The number of aromatic nitrogens is 3. The van der Waals surface area contributed by atoms with Crippen LogP contribution >= 0.6 is 23.5 Å². The van der Waals surface area contributed by atoms with Crippen molar-refractivity contribution in [1.29, 1.82) is 0 Å². The molecule has 0 aliphatic carbocycles. The van der Waals surface area contributed by atoms with Gasteiger partial charge in [0.05, 0.1) is 16.7 Å². The number of carbonyl (C=O) groups excluding carboxylic acids is 1. The SMILES string of the molecule is Cc1ccccc1CSc1nnc(C(C)NC(=O)CSc2ccccc2)n1-c1ccc([N+](=O)[O-])cc1. The van der Waals surface area contributed by atoms with Crippen molar-refractivity contribution >= 4 is 35.1 Å². The van der Waals surface area contributed by atoms with E-state index in [9.17, 15) is 14.9 Å². The highest BCUT2D eigenvalue weighted by atomic mass is 32.2. The van der Waals surface area contributed by atoms with Crippen LogP contribution in [-0.2, 0) is 10.5 Å². The van der Waals surface area contributed by atoms with Gasteiger partial charge in [0, 0.05) is 28.5 Å². The van der Waals surface area contributed by atoms with Gasteiger partial charge in [0.25, 0.3) is 5.69 Å². The molecular weight excluding hydrogens is 494 g/mol. The topological polar surface area (TPSA) is 103 Å². The molecule has 0 aliphatic rings. The van der Waals surface area contributed by atoms with E-state index < -0.39 is 11.0 Å². The van der Waals surface area contributed by atoms with E-state index >= 15 is 0 Å². The van der Waals surface area contributed by atoms with Crippen LogP contribution in [0, 0.1) is 17.0 Å². The van der Waals surface area contributed by atoms with Crippen molar-refractivity contribution in [3.63, 3.8) is 0 Å². The molecule has 8 nitrogen and oxygen atoms in total. The molecule has 1 atom stereocenters. The van der Waals surface area contributed by atoms with Crippen molar-refractivity contribution in [2.45, 2.75) is 35.7 Å². The van der Waals surface area contributed by atoms with Crippen LogP contribution in [-0.4, -0.2) is 31.3 Å². The molecule has 1 N–H and O–H groups in total. The maximum atomic E-state index is 12.7. The Labute approximate surface area is 217 Å². The van der Waals surface area contributed by atoms with Gasteiger partial charge in [-0.15, -0.1) is 22.0 Å². The third-order valence-corrected chi connectivity index (χ3v) is 7.46. The average Bonchev–Trinajstić information content (AvgIpc) is 3.32. The number of thioether (sulfide) groups is 2. The maximum Gasteiger partial charge on any atom is 0.269 e. The fourth-order valence-corrected chi connectivity index (χ4v) is 5.31. The van der Waals surface area contributed by atoms with Gasteiger partial charge in [0.15, 0.2) is 11.0 Å². The Balaban J connectivity index is 1.56. The third kappa shape index (κ3) is 6.32. The Morgan fingerprint density at radius 2 is 1.69 bits per heavy atom. The van der Waals surface area contributed by atoms with E-state index in [1.54, 1.807) is 12.1 Å². The second-order valence-corrected chi connectivity index (χ2v) is 10.0. The van der Waals surface area contributed by atoms with Crippen LogP contribution in [0.5, 0.6) is 0 Å². The lowest BCUT2D eigenvalue weighted by Crippen LogP contribution is -2.30. The predicted octanol–water partition coefficient (Wildman–Crippen LogP) is 5.75. The number of amides is 1. The molecule has 3 aromatic carbocycles. The number of benzene rings is 3. The number of aryl methyl sites for hydroxylation is 1. The highest BCUT2D eigenvalue weighted by Gasteiger charge is 2.22. The van der Waals surface area contributed by atoms with Gasteiger partial charge < -0.3 is 5.32 Å². The maximum absolute atomic E-state index is 12.7. The Morgan fingerprint density at radius 1 is 1.00 bits per heavy atom. The summed E-state index contributed by atoms with van der Waals surface area (Å²) < 4.78 is 1.85. The van der Waals surface area contributed by atoms with Crippen molar-refractivity contribution in [2.75, 3.05) is 5.75 Å². The molecule has 1 amide bonds. The summed E-state index contributed by atoms with van der Waals surface area (Å²) in [6, 6.07) is 23.7. The summed E-state index contributed by atoms with van der Waals surface area (Å²) in [5.74, 6) is 1.39. The lowest BCUT2D eigenvalue weighted by molar-refractivity contribution is -0.384. The first-order valence-corrected chi connectivity index (χ1v) is 13.2. The van der Waals surface area contributed by atoms with Crippen LogP contribution in [0.25, 0.3) is 5.69 Å². The Kier molecular flexibility index (Phi) is 8.40. The van der Waals surface area contributed by atoms with Crippen molar-refractivity contribution in [3.8, 4) is 5.69 Å². The average molecular weight is 520 g/mol. The monoisotopic (exact) mass is 519 g/mol. The molecule has 4 rings (SSSR count). The number of nitrogens with zero attached hydrogens (tertiary/aromatic N) is 4. The zero-order valence-corrected chi connectivity index (χ0v) is 21.5. The lowest BCUT2D eigenvalue weighted by Gasteiger charge is -2.16. The molecule has 0 spiro atoms. The minimum Gasteiger partial charge on any atom is -0.346 e. The predicted molar refractivity (Wildman–Crippen MR) is 142 cm³/mol. The second-order valence-electron chi connectivity index (χ2n) is 8.06. The number of hydrogen-bond acceptors (Lipinski definition) is 7. The molecule has 1 aromatic heterocycles. The molecule has 4 aromatic rings. The third-order valence-electron chi connectivity index (χ3n) is 5.47. The lowest BCUT2D eigenvalue weighted by atomic mass is 10.1. The largest absolute Gasteiger partial charge is 0.346 e. The standard InChI is InChI=1S/C26H25N5O3S2/c1-18-8-6-7-9-20(18)16-36-26-29-28-25(30(26)21-12-14-22(15-13-21)31(33)34)19(2)27-24(32)17-35-23-10-4-3-5-11-23/h3-15,19H,16-17H2,1-2H3,(H,27,32). The number of nitro groups is 1. The fraction of sp³-hybridized carbons (Fsp3) is 0.192. The number of carbonyl (C=O) groups is 1. The molecule has 0 fully saturated rings. The van der Waals surface area contributed by atoms with Crippen molar-refractivity contribution in [3.05, 3.63) is 106 Å². The van der Waals surface area contributed by atoms with Crippen LogP contribution in [0.1, 0.15) is 29.9 Å². The Hall–Kier alpha value is -3.63. The molecule has 10 heteroatoms. The molecule has 0 bridgehead atoms. The first kappa shape index (κ1) is 25.5. The molecule has 1 heterocycles. The van der Waals surface area contributed by atoms with Gasteiger partial charge in [0.1, 0.15) is 0 Å². The van der Waals surface area contributed by atoms with Gasteiger partial charge >= 0.3 is 0 Å². The van der Waals surface area contributed by atoms with E-state index in [1.165, 1.54) is 46.8 Å². The Bertz CT molecular complexity index is 1340. The zero-order chi connectivity index (χ0) is 25.5. The number of rotatable bonds is 10. The molecule has 1 unspecified atom stereocenters. The number of non-ortho nitro benzene ring substituents is 1. The number of nitro benzene ring substituents is 1. The summed E-state index contributed by atoms with van der Waals surface area (Å²) in [7, 11) is 0. The van der Waals surface area contributed by atoms with Crippen molar-refractivity contribution in [1.82, 2.24) is 20.1 Å². The first-order chi connectivity index (χ1) is 17.4. The van der Waals surface area contributed by atoms with Crippen LogP contribution in [0.15, 0.2) is 88.9 Å². The summed E-state index contributed by atoms with van der Waals surface area (Å²) >= 11 is 2.98. The minimum absolute atomic E-state index is 0.00164. The summed E-state index contributed by atoms with van der Waals surface area (Å²) in [6.45, 7) is 3.92. The van der Waals surface area contributed by atoms with Gasteiger partial charge in [-0.1, -0.05) is 54.2 Å². The van der Waals surface area contributed by atoms with Crippen molar-refractivity contribution in [2.24, 2.45) is 0 Å². The van der Waals surface area contributed by atoms with Crippen LogP contribution in [0.4, 0.5) is 5.69 Å². The van der Waals surface area contributed by atoms with E-state index in [4.69, 9.17) is 0 Å². The molecule has 36 heavy (non-hydrogen) atoms. The molecule has 184 valence electrons. The van der Waals surface area contributed by atoms with E-state index in [0.717, 1.165) is 4.90 Å². The van der Waals surface area contributed by atoms with Crippen LogP contribution in [0.3, 0.4) is 0 Å². The number of hydrogen-bond donors (Lipinski definition) is 1. The summed E-state index contributed by atoms with van der Waals surface area (Å²) in [5.41, 5.74) is 3.05. The van der Waals surface area contributed by atoms with Crippen LogP contribution in [0.2, 0.25) is 0 Å². The normalized spacial score (nSPS) is 11.7. The molecule has 0 aliphatic heterocycles. The second kappa shape index (κ2) is 11.9. The van der Waals surface area contributed by atoms with Gasteiger partial charge in [-0.2, -0.15) is 0 Å². The zero-order valence-electron chi connectivity index (χ0n) is 19.8. The van der Waals surface area contributed by atoms with Gasteiger partial charge in [-0.25, -0.2) is 0 Å². The van der Waals surface area contributed by atoms with E-state index in [2.05, 4.69) is 34.6 Å². The van der Waals surface area contributed by atoms with Crippen LogP contribution < -0.4 is 5.32 Å². The molecule has 0 saturated heterocycles. The Morgan fingerprint density at radius 3 is 2.39 bits per heavy atom. The van der Waals surface area contributed by atoms with Gasteiger partial charge in [-0.3, -0.25) is 19.5 Å². The molecule has 0 saturated carbocycles. The molecule has 0 radical (unpaired) electrons. The van der Waals surface area contributed by atoms with Gasteiger partial charge in [0.2, 0.25) is 5.91 Å².